The van der Waals surface area contributed by atoms with E-state index in [4.69, 9.17) is 27.9 Å². The molecule has 0 unspecified atom stereocenters. The molecule has 0 fully saturated rings. The summed E-state index contributed by atoms with van der Waals surface area (Å²) in [6, 6.07) is 12.4. The van der Waals surface area contributed by atoms with Crippen molar-refractivity contribution in [2.75, 3.05) is 6.61 Å². The van der Waals surface area contributed by atoms with Crippen LogP contribution in [-0.2, 0) is 0 Å². The fourth-order valence-electron chi connectivity index (χ4n) is 2.09. The Morgan fingerprint density at radius 1 is 1.10 bits per heavy atom. The molecule has 0 saturated carbocycles. The Morgan fingerprint density at radius 2 is 1.90 bits per heavy atom. The van der Waals surface area contributed by atoms with E-state index in [9.17, 15) is 4.79 Å². The second kappa shape index (κ2) is 5.31. The molecule has 4 heteroatoms. The number of para-hydroxylation sites is 1. The van der Waals surface area contributed by atoms with Crippen molar-refractivity contribution in [1.82, 2.24) is 0 Å². The molecule has 0 radical (unpaired) electrons. The topological polar surface area (TPSA) is 26.3 Å². The van der Waals surface area contributed by atoms with Crippen LogP contribution in [0.5, 0.6) is 5.75 Å². The maximum absolute atomic E-state index is 12.4. The van der Waals surface area contributed by atoms with Gasteiger partial charge in [0.05, 0.1) is 5.56 Å². The van der Waals surface area contributed by atoms with Crippen molar-refractivity contribution in [3.8, 4) is 5.75 Å². The molecule has 2 aromatic rings. The first-order chi connectivity index (χ1) is 9.65. The van der Waals surface area contributed by atoms with Gasteiger partial charge < -0.3 is 4.74 Å². The lowest BCUT2D eigenvalue weighted by molar-refractivity contribution is 0.100. The highest BCUT2D eigenvalue weighted by Gasteiger charge is 2.22. The summed E-state index contributed by atoms with van der Waals surface area (Å²) in [4.78, 5) is 12.4. The lowest BCUT2D eigenvalue weighted by Crippen LogP contribution is -2.18. The summed E-state index contributed by atoms with van der Waals surface area (Å²) < 4.78 is 5.58. The summed E-state index contributed by atoms with van der Waals surface area (Å²) in [6.07, 6.45) is 1.75. The maximum Gasteiger partial charge on any atom is 0.196 e. The summed E-state index contributed by atoms with van der Waals surface area (Å²) in [6.45, 7) is 0.245. The summed E-state index contributed by atoms with van der Waals surface area (Å²) in [7, 11) is 0. The van der Waals surface area contributed by atoms with Crippen LogP contribution in [0.15, 0.2) is 48.0 Å². The smallest absolute Gasteiger partial charge is 0.196 e. The third-order valence-electron chi connectivity index (χ3n) is 3.10. The fraction of sp³-hybridized carbons (Fsp3) is 0.0625. The van der Waals surface area contributed by atoms with Gasteiger partial charge in [-0.25, -0.2) is 0 Å². The van der Waals surface area contributed by atoms with Crippen LogP contribution in [-0.4, -0.2) is 12.4 Å². The van der Waals surface area contributed by atoms with Gasteiger partial charge in [-0.3, -0.25) is 4.79 Å². The molecule has 0 aliphatic carbocycles. The van der Waals surface area contributed by atoms with Crippen molar-refractivity contribution in [3.63, 3.8) is 0 Å². The molecule has 2 nitrogen and oxygen atoms in total. The molecular weight excluding hydrogens is 295 g/mol. The molecule has 20 heavy (non-hydrogen) atoms. The third kappa shape index (κ3) is 2.45. The van der Waals surface area contributed by atoms with Crippen molar-refractivity contribution < 1.29 is 9.53 Å². The van der Waals surface area contributed by atoms with Gasteiger partial charge in [-0.2, -0.15) is 0 Å². The number of rotatable bonds is 1. The molecule has 2 aromatic carbocycles. The van der Waals surface area contributed by atoms with E-state index >= 15 is 0 Å². The normalized spacial score (nSPS) is 15.9. The van der Waals surface area contributed by atoms with Gasteiger partial charge in [0.1, 0.15) is 12.4 Å². The zero-order chi connectivity index (χ0) is 14.1. The second-order valence-electron chi connectivity index (χ2n) is 4.45. The van der Waals surface area contributed by atoms with Crippen LogP contribution < -0.4 is 4.74 Å². The number of ether oxygens (including phenoxy) is 1. The van der Waals surface area contributed by atoms with E-state index < -0.39 is 0 Å². The fourth-order valence-corrected chi connectivity index (χ4v) is 2.55. The van der Waals surface area contributed by atoms with Gasteiger partial charge in [0, 0.05) is 15.6 Å². The number of carbonyl (C=O) groups excluding carboxylic acids is 1. The minimum Gasteiger partial charge on any atom is -0.488 e. The molecule has 0 N–H and O–H groups in total. The Morgan fingerprint density at radius 3 is 2.70 bits per heavy atom. The highest BCUT2D eigenvalue weighted by atomic mass is 35.5. The number of fused-ring (bicyclic) bond motifs is 1. The van der Waals surface area contributed by atoms with Gasteiger partial charge in [-0.15, -0.1) is 0 Å². The number of Topliss-reactive ketones (excluding diaryl/α,β-unsaturated/α-hetero) is 1. The molecule has 100 valence electrons. The SMILES string of the molecule is O=C1C(=Cc2ccc(Cl)cc2Cl)COc2ccccc21. The number of ketones is 1. The van der Waals surface area contributed by atoms with Gasteiger partial charge in [-0.1, -0.05) is 41.4 Å². The molecule has 0 amide bonds. The van der Waals surface area contributed by atoms with Gasteiger partial charge in [0.25, 0.3) is 0 Å². The van der Waals surface area contributed by atoms with E-state index in [1.807, 2.05) is 12.1 Å². The van der Waals surface area contributed by atoms with Gasteiger partial charge in [0.15, 0.2) is 5.78 Å². The largest absolute Gasteiger partial charge is 0.488 e. The van der Waals surface area contributed by atoms with Crippen molar-refractivity contribution in [2.45, 2.75) is 0 Å². The lowest BCUT2D eigenvalue weighted by Gasteiger charge is -2.18. The van der Waals surface area contributed by atoms with Crippen molar-refractivity contribution in [1.29, 1.82) is 0 Å². The molecule has 0 bridgehead atoms. The van der Waals surface area contributed by atoms with Crippen LogP contribution in [0.2, 0.25) is 10.0 Å². The van der Waals surface area contributed by atoms with Crippen LogP contribution in [0.1, 0.15) is 15.9 Å². The Bertz CT molecular complexity index is 720. The molecule has 0 aromatic heterocycles. The van der Waals surface area contributed by atoms with E-state index in [1.165, 1.54) is 0 Å². The molecule has 1 aliphatic rings. The Labute approximate surface area is 126 Å². The van der Waals surface area contributed by atoms with Gasteiger partial charge >= 0.3 is 0 Å². The molecule has 0 spiro atoms. The van der Waals surface area contributed by atoms with Gasteiger partial charge in [-0.05, 0) is 35.9 Å². The predicted molar refractivity (Wildman–Crippen MR) is 80.7 cm³/mol. The summed E-state index contributed by atoms with van der Waals surface area (Å²) >= 11 is 12.0. The Balaban J connectivity index is 2.00. The van der Waals surface area contributed by atoms with E-state index in [0.29, 0.717) is 26.9 Å². The van der Waals surface area contributed by atoms with Crippen LogP contribution >= 0.6 is 23.2 Å². The summed E-state index contributed by atoms with van der Waals surface area (Å²) in [5, 5.41) is 1.07. The molecule has 3 rings (SSSR count). The number of hydrogen-bond donors (Lipinski definition) is 0. The van der Waals surface area contributed by atoms with Crippen LogP contribution in [0.4, 0.5) is 0 Å². The van der Waals surface area contributed by atoms with Gasteiger partial charge in [0.2, 0.25) is 0 Å². The van der Waals surface area contributed by atoms with Crippen LogP contribution in [0, 0.1) is 0 Å². The number of hydrogen-bond acceptors (Lipinski definition) is 2. The molecular formula is C16H10Cl2O2. The standard InChI is InChI=1S/C16H10Cl2O2/c17-12-6-5-10(14(18)8-12)7-11-9-20-15-4-2-1-3-13(15)16(11)19/h1-8H,9H2. The number of benzene rings is 2. The first-order valence-electron chi connectivity index (χ1n) is 6.07. The minimum absolute atomic E-state index is 0.0298. The maximum atomic E-state index is 12.4. The lowest BCUT2D eigenvalue weighted by atomic mass is 9.98. The van der Waals surface area contributed by atoms with Crippen molar-refractivity contribution >= 4 is 35.1 Å². The van der Waals surface area contributed by atoms with E-state index in [2.05, 4.69) is 0 Å². The molecule has 0 atom stereocenters. The minimum atomic E-state index is -0.0298. The Kier molecular flexibility index (Phi) is 3.51. The monoisotopic (exact) mass is 304 g/mol. The van der Waals surface area contributed by atoms with Crippen molar-refractivity contribution in [3.05, 3.63) is 69.2 Å². The highest BCUT2D eigenvalue weighted by molar-refractivity contribution is 6.35. The molecule has 1 aliphatic heterocycles. The predicted octanol–water partition coefficient (Wildman–Crippen LogP) is 4.65. The first-order valence-corrected chi connectivity index (χ1v) is 6.83. The number of carbonyl (C=O) groups is 1. The zero-order valence-electron chi connectivity index (χ0n) is 10.4. The number of halogens is 2. The van der Waals surface area contributed by atoms with E-state index in [-0.39, 0.29) is 12.4 Å². The average Bonchev–Trinajstić information content (AvgIpc) is 2.45. The summed E-state index contributed by atoms with van der Waals surface area (Å²) in [5.74, 6) is 0.592. The highest BCUT2D eigenvalue weighted by Crippen LogP contribution is 2.29. The third-order valence-corrected chi connectivity index (χ3v) is 3.66. The average molecular weight is 305 g/mol. The van der Waals surface area contributed by atoms with E-state index in [1.54, 1.807) is 36.4 Å². The van der Waals surface area contributed by atoms with E-state index in [0.717, 1.165) is 5.56 Å². The summed E-state index contributed by atoms with van der Waals surface area (Å²) in [5.41, 5.74) is 1.91. The van der Waals surface area contributed by atoms with Crippen LogP contribution in [0.3, 0.4) is 0 Å². The molecule has 1 heterocycles. The zero-order valence-corrected chi connectivity index (χ0v) is 11.9. The quantitative estimate of drug-likeness (QED) is 0.717. The first kappa shape index (κ1) is 13.2. The Hall–Kier alpha value is -1.77. The van der Waals surface area contributed by atoms with Crippen LogP contribution in [0.25, 0.3) is 6.08 Å². The van der Waals surface area contributed by atoms with Crippen molar-refractivity contribution in [2.24, 2.45) is 0 Å². The second-order valence-corrected chi connectivity index (χ2v) is 5.29. The molecule has 0 saturated heterocycles.